The number of amides is 1. The predicted molar refractivity (Wildman–Crippen MR) is 112 cm³/mol. The van der Waals surface area contributed by atoms with Gasteiger partial charge in [-0.05, 0) is 30.7 Å². The molecule has 8 heteroatoms. The molecule has 4 rings (SSSR count). The van der Waals surface area contributed by atoms with E-state index in [1.54, 1.807) is 11.0 Å². The number of nitrogens with zero attached hydrogens (tertiary/aromatic N) is 5. The maximum absolute atomic E-state index is 10.9. The van der Waals surface area contributed by atoms with Gasteiger partial charge < -0.3 is 10.6 Å². The zero-order chi connectivity index (χ0) is 20.1. The SMILES string of the molecule is CC(=O)NCCCn1cc(-c2cccc(Nc3ncnc4ccccc34)c2)nn1. The molecule has 1 amide bonds. The van der Waals surface area contributed by atoms with E-state index in [1.807, 2.05) is 54.7 Å². The highest BCUT2D eigenvalue weighted by Crippen LogP contribution is 2.25. The fraction of sp³-hybridized carbons (Fsp3) is 0.190. The first-order valence-corrected chi connectivity index (χ1v) is 9.41. The van der Waals surface area contributed by atoms with Crippen molar-refractivity contribution in [1.82, 2.24) is 30.3 Å². The molecule has 0 aliphatic heterocycles. The van der Waals surface area contributed by atoms with Crippen LogP contribution in [0.4, 0.5) is 11.5 Å². The number of fused-ring (bicyclic) bond motifs is 1. The topological polar surface area (TPSA) is 97.6 Å². The second kappa shape index (κ2) is 8.47. The van der Waals surface area contributed by atoms with Gasteiger partial charge in [0.05, 0.1) is 11.7 Å². The Balaban J connectivity index is 1.48. The number of benzene rings is 2. The van der Waals surface area contributed by atoms with Gasteiger partial charge in [-0.2, -0.15) is 0 Å². The molecule has 2 N–H and O–H groups in total. The van der Waals surface area contributed by atoms with Gasteiger partial charge in [0.15, 0.2) is 0 Å². The molecule has 8 nitrogen and oxygen atoms in total. The van der Waals surface area contributed by atoms with Gasteiger partial charge in [-0.1, -0.05) is 29.5 Å². The van der Waals surface area contributed by atoms with E-state index in [1.165, 1.54) is 6.92 Å². The summed E-state index contributed by atoms with van der Waals surface area (Å²) < 4.78 is 1.79. The van der Waals surface area contributed by atoms with Crippen molar-refractivity contribution >= 4 is 28.3 Å². The number of aryl methyl sites for hydroxylation is 1. The van der Waals surface area contributed by atoms with Crippen LogP contribution >= 0.6 is 0 Å². The molecule has 0 aliphatic carbocycles. The quantitative estimate of drug-likeness (QED) is 0.473. The Morgan fingerprint density at radius 1 is 1.10 bits per heavy atom. The van der Waals surface area contributed by atoms with Crippen molar-refractivity contribution in [3.63, 3.8) is 0 Å². The number of para-hydroxylation sites is 1. The van der Waals surface area contributed by atoms with Crippen molar-refractivity contribution in [3.8, 4) is 11.3 Å². The standard InChI is InChI=1S/C21H21N7O/c1-15(29)22-10-5-11-28-13-20(26-27-28)16-6-4-7-17(12-16)25-21-18-8-2-3-9-19(18)23-14-24-21/h2-4,6-9,12-14H,5,10-11H2,1H3,(H,22,29)(H,23,24,25). The van der Waals surface area contributed by atoms with Crippen LogP contribution in [0.5, 0.6) is 0 Å². The largest absolute Gasteiger partial charge is 0.356 e. The Morgan fingerprint density at radius 3 is 2.90 bits per heavy atom. The fourth-order valence-corrected chi connectivity index (χ4v) is 3.04. The number of aromatic nitrogens is 5. The molecule has 4 aromatic rings. The van der Waals surface area contributed by atoms with E-state index in [9.17, 15) is 4.79 Å². The number of hydrogen-bond acceptors (Lipinski definition) is 6. The Labute approximate surface area is 168 Å². The Morgan fingerprint density at radius 2 is 2.00 bits per heavy atom. The van der Waals surface area contributed by atoms with Crippen molar-refractivity contribution < 1.29 is 4.79 Å². The molecule has 0 spiro atoms. The first kappa shape index (κ1) is 18.5. The van der Waals surface area contributed by atoms with Gasteiger partial charge in [-0.3, -0.25) is 9.48 Å². The summed E-state index contributed by atoms with van der Waals surface area (Å²) in [6.07, 6.45) is 4.26. The van der Waals surface area contributed by atoms with Crippen molar-refractivity contribution in [3.05, 3.63) is 61.1 Å². The zero-order valence-corrected chi connectivity index (χ0v) is 16.0. The van der Waals surface area contributed by atoms with Gasteiger partial charge in [0, 0.05) is 36.7 Å². The van der Waals surface area contributed by atoms with Crippen LogP contribution in [0.2, 0.25) is 0 Å². The van der Waals surface area contributed by atoms with Crippen molar-refractivity contribution in [2.24, 2.45) is 0 Å². The van der Waals surface area contributed by atoms with E-state index in [2.05, 4.69) is 30.9 Å². The van der Waals surface area contributed by atoms with Gasteiger partial charge in [0.1, 0.15) is 17.8 Å². The van der Waals surface area contributed by atoms with E-state index in [0.717, 1.165) is 40.1 Å². The minimum absolute atomic E-state index is 0.0231. The summed E-state index contributed by atoms with van der Waals surface area (Å²) in [5.74, 6) is 0.736. The van der Waals surface area contributed by atoms with E-state index >= 15 is 0 Å². The molecule has 2 aromatic carbocycles. The van der Waals surface area contributed by atoms with E-state index in [-0.39, 0.29) is 5.91 Å². The van der Waals surface area contributed by atoms with E-state index in [4.69, 9.17) is 0 Å². The van der Waals surface area contributed by atoms with E-state index < -0.39 is 0 Å². The van der Waals surface area contributed by atoms with Crippen LogP contribution in [0, 0.1) is 0 Å². The van der Waals surface area contributed by atoms with Crippen molar-refractivity contribution in [2.75, 3.05) is 11.9 Å². The van der Waals surface area contributed by atoms with Gasteiger partial charge >= 0.3 is 0 Å². The summed E-state index contributed by atoms with van der Waals surface area (Å²) in [5.41, 5.74) is 3.55. The highest BCUT2D eigenvalue weighted by molar-refractivity contribution is 5.90. The minimum Gasteiger partial charge on any atom is -0.356 e. The van der Waals surface area contributed by atoms with Crippen LogP contribution in [0.15, 0.2) is 61.1 Å². The molecule has 0 bridgehead atoms. The molecule has 0 aliphatic rings. The summed E-state index contributed by atoms with van der Waals surface area (Å²) in [4.78, 5) is 19.6. The smallest absolute Gasteiger partial charge is 0.216 e. The van der Waals surface area contributed by atoms with Crippen LogP contribution < -0.4 is 10.6 Å². The Kier molecular flexibility index (Phi) is 5.42. The third kappa shape index (κ3) is 4.55. The summed E-state index contributed by atoms with van der Waals surface area (Å²) in [7, 11) is 0. The number of rotatable bonds is 7. The van der Waals surface area contributed by atoms with Gasteiger partial charge in [0.2, 0.25) is 5.91 Å². The highest BCUT2D eigenvalue weighted by Gasteiger charge is 2.07. The van der Waals surface area contributed by atoms with Crippen LogP contribution in [-0.2, 0) is 11.3 Å². The third-order valence-electron chi connectivity index (χ3n) is 4.44. The van der Waals surface area contributed by atoms with Gasteiger partial charge in [-0.15, -0.1) is 5.10 Å². The second-order valence-corrected chi connectivity index (χ2v) is 6.65. The molecule has 0 radical (unpaired) electrons. The molecule has 2 heterocycles. The molecule has 146 valence electrons. The average molecular weight is 387 g/mol. The number of nitrogens with one attached hydrogen (secondary N) is 2. The first-order chi connectivity index (χ1) is 14.2. The number of carbonyl (C=O) groups is 1. The summed E-state index contributed by atoms with van der Waals surface area (Å²) in [6, 6.07) is 15.8. The Hall–Kier alpha value is -3.81. The molecule has 29 heavy (non-hydrogen) atoms. The molecule has 0 unspecified atom stereocenters. The molecular formula is C21H21N7O. The lowest BCUT2D eigenvalue weighted by Crippen LogP contribution is -2.22. The van der Waals surface area contributed by atoms with Crippen molar-refractivity contribution in [2.45, 2.75) is 19.9 Å². The van der Waals surface area contributed by atoms with Crippen LogP contribution in [-0.4, -0.2) is 37.4 Å². The lowest BCUT2D eigenvalue weighted by atomic mass is 10.1. The average Bonchev–Trinajstić information content (AvgIpc) is 3.21. The lowest BCUT2D eigenvalue weighted by Gasteiger charge is -2.09. The zero-order valence-electron chi connectivity index (χ0n) is 16.0. The number of carbonyl (C=O) groups excluding carboxylic acids is 1. The van der Waals surface area contributed by atoms with Crippen LogP contribution in [0.25, 0.3) is 22.2 Å². The monoisotopic (exact) mass is 387 g/mol. The maximum atomic E-state index is 10.9. The normalized spacial score (nSPS) is 10.8. The first-order valence-electron chi connectivity index (χ1n) is 9.41. The minimum atomic E-state index is -0.0231. The number of anilines is 2. The predicted octanol–water partition coefficient (Wildman–Crippen LogP) is 3.16. The lowest BCUT2D eigenvalue weighted by molar-refractivity contribution is -0.118. The molecular weight excluding hydrogens is 366 g/mol. The Bertz CT molecular complexity index is 1130. The van der Waals surface area contributed by atoms with Gasteiger partial charge in [0.25, 0.3) is 0 Å². The summed E-state index contributed by atoms with van der Waals surface area (Å²) >= 11 is 0. The summed E-state index contributed by atoms with van der Waals surface area (Å²) in [5, 5.41) is 15.6. The fourth-order valence-electron chi connectivity index (χ4n) is 3.04. The van der Waals surface area contributed by atoms with Crippen molar-refractivity contribution in [1.29, 1.82) is 0 Å². The highest BCUT2D eigenvalue weighted by atomic mass is 16.1. The second-order valence-electron chi connectivity index (χ2n) is 6.65. The maximum Gasteiger partial charge on any atom is 0.216 e. The van der Waals surface area contributed by atoms with Crippen LogP contribution in [0.1, 0.15) is 13.3 Å². The molecule has 0 saturated heterocycles. The molecule has 0 atom stereocenters. The van der Waals surface area contributed by atoms with Crippen LogP contribution in [0.3, 0.4) is 0 Å². The molecule has 0 saturated carbocycles. The van der Waals surface area contributed by atoms with E-state index in [0.29, 0.717) is 13.1 Å². The molecule has 0 fully saturated rings. The number of hydrogen-bond donors (Lipinski definition) is 2. The molecule has 2 aromatic heterocycles. The third-order valence-corrected chi connectivity index (χ3v) is 4.44. The summed E-state index contributed by atoms with van der Waals surface area (Å²) in [6.45, 7) is 2.83. The van der Waals surface area contributed by atoms with Gasteiger partial charge in [-0.25, -0.2) is 9.97 Å².